The quantitative estimate of drug-likeness (QED) is 0.437. The molecule has 8 heavy (non-hydrogen) atoms. The molecule has 0 spiro atoms. The van der Waals surface area contributed by atoms with Crippen LogP contribution >= 0.6 is 11.8 Å². The summed E-state index contributed by atoms with van der Waals surface area (Å²) in [4.78, 5) is 0. The molecule has 0 unspecified atom stereocenters. The van der Waals surface area contributed by atoms with Gasteiger partial charge in [0.1, 0.15) is 0 Å². The van der Waals surface area contributed by atoms with Crippen LogP contribution in [0.25, 0.3) is 0 Å². The Bertz CT molecular complexity index is 153. The van der Waals surface area contributed by atoms with Gasteiger partial charge in [0.25, 0.3) is 0 Å². The van der Waals surface area contributed by atoms with Crippen LogP contribution in [0.2, 0.25) is 0 Å². The van der Waals surface area contributed by atoms with Crippen LogP contribution in [0.1, 0.15) is 0 Å². The van der Waals surface area contributed by atoms with E-state index in [4.69, 9.17) is 11.8 Å². The minimum atomic E-state index is -3.27. The molecule has 0 aromatic heterocycles. The van der Waals surface area contributed by atoms with Gasteiger partial charge < -0.3 is 0 Å². The Labute approximate surface area is 53.6 Å². The number of nitrogens with one attached hydrogen (secondary N) is 1. The maximum absolute atomic E-state index is 10.3. The maximum atomic E-state index is 10.3. The van der Waals surface area contributed by atoms with Crippen molar-refractivity contribution in [1.82, 2.24) is 9.36 Å². The Morgan fingerprint density at radius 1 is 1.62 bits per heavy atom. The zero-order valence-electron chi connectivity index (χ0n) is 4.55. The van der Waals surface area contributed by atoms with Gasteiger partial charge in [-0.15, -0.1) is 0 Å². The van der Waals surface area contributed by atoms with Crippen LogP contribution < -0.4 is 5.43 Å². The molecule has 0 radical (unpaired) electrons. The van der Waals surface area contributed by atoms with Crippen molar-refractivity contribution in [3.63, 3.8) is 0 Å². The monoisotopic (exact) mass is 158 g/mol. The summed E-state index contributed by atoms with van der Waals surface area (Å²) in [6.45, 7) is 0. The van der Waals surface area contributed by atoms with Crippen LogP contribution in [0.15, 0.2) is 0 Å². The first kappa shape index (κ1) is 8.16. The van der Waals surface area contributed by atoms with Crippen molar-refractivity contribution >= 4 is 21.8 Å². The van der Waals surface area contributed by atoms with E-state index in [2.05, 4.69) is 5.43 Å². The molecule has 0 heterocycles. The SMILES string of the molecule is CNN(Cl)S(C)(=O)=O. The van der Waals surface area contributed by atoms with Crippen molar-refractivity contribution in [2.24, 2.45) is 0 Å². The van der Waals surface area contributed by atoms with Gasteiger partial charge in [-0.3, -0.25) is 0 Å². The Hall–Kier alpha value is 0.160. The van der Waals surface area contributed by atoms with Crippen molar-refractivity contribution in [3.8, 4) is 0 Å². The minimum Gasteiger partial charge on any atom is -0.230 e. The van der Waals surface area contributed by atoms with E-state index in [1.807, 2.05) is 0 Å². The lowest BCUT2D eigenvalue weighted by Crippen LogP contribution is -2.30. The van der Waals surface area contributed by atoms with Crippen molar-refractivity contribution in [2.75, 3.05) is 13.3 Å². The largest absolute Gasteiger partial charge is 0.237 e. The highest BCUT2D eigenvalue weighted by molar-refractivity contribution is 7.89. The third kappa shape index (κ3) is 2.46. The number of hydrogen-bond acceptors (Lipinski definition) is 3. The number of rotatable bonds is 2. The average Bonchev–Trinajstić information content (AvgIpc) is 1.62. The van der Waals surface area contributed by atoms with Crippen molar-refractivity contribution < 1.29 is 8.42 Å². The highest BCUT2D eigenvalue weighted by Crippen LogP contribution is 1.93. The molecule has 0 aromatic rings. The average molecular weight is 159 g/mol. The maximum Gasteiger partial charge on any atom is 0.237 e. The molecule has 0 aliphatic carbocycles. The molecule has 6 heteroatoms. The van der Waals surface area contributed by atoms with E-state index in [9.17, 15) is 8.42 Å². The number of hydrogen-bond donors (Lipinski definition) is 1. The lowest BCUT2D eigenvalue weighted by Gasteiger charge is -2.06. The Morgan fingerprint density at radius 2 is 2.00 bits per heavy atom. The number of hydrazine groups is 1. The molecule has 1 N–H and O–H groups in total. The highest BCUT2D eigenvalue weighted by atomic mass is 35.5. The van der Waals surface area contributed by atoms with Gasteiger partial charge in [-0.25, -0.2) is 13.8 Å². The van der Waals surface area contributed by atoms with Gasteiger partial charge in [0.15, 0.2) is 0 Å². The van der Waals surface area contributed by atoms with Crippen LogP contribution in [0.5, 0.6) is 0 Å². The molecule has 0 bridgehead atoms. The topological polar surface area (TPSA) is 49.4 Å². The zero-order valence-corrected chi connectivity index (χ0v) is 6.12. The van der Waals surface area contributed by atoms with Gasteiger partial charge in [0, 0.05) is 18.8 Å². The smallest absolute Gasteiger partial charge is 0.230 e. The Morgan fingerprint density at radius 3 is 2.00 bits per heavy atom. The van der Waals surface area contributed by atoms with Crippen LogP contribution in [0.3, 0.4) is 0 Å². The van der Waals surface area contributed by atoms with Crippen LogP contribution in [0.4, 0.5) is 0 Å². The highest BCUT2D eigenvalue weighted by Gasteiger charge is 2.08. The van der Waals surface area contributed by atoms with E-state index >= 15 is 0 Å². The van der Waals surface area contributed by atoms with E-state index < -0.39 is 10.0 Å². The molecular formula is C2H7ClN2O2S. The molecule has 0 amide bonds. The molecule has 0 fully saturated rings. The Kier molecular flexibility index (Phi) is 2.68. The number of halogens is 1. The van der Waals surface area contributed by atoms with Gasteiger partial charge >= 0.3 is 0 Å². The van der Waals surface area contributed by atoms with Crippen molar-refractivity contribution in [3.05, 3.63) is 0 Å². The fraction of sp³-hybridized carbons (Fsp3) is 1.00. The van der Waals surface area contributed by atoms with E-state index in [0.29, 0.717) is 3.93 Å². The predicted molar refractivity (Wildman–Crippen MR) is 31.6 cm³/mol. The van der Waals surface area contributed by atoms with Crippen molar-refractivity contribution in [1.29, 1.82) is 0 Å². The summed E-state index contributed by atoms with van der Waals surface area (Å²) >= 11 is 5.08. The molecule has 0 aromatic carbocycles. The third-order valence-corrected chi connectivity index (χ3v) is 2.15. The van der Waals surface area contributed by atoms with E-state index in [1.54, 1.807) is 0 Å². The summed E-state index contributed by atoms with van der Waals surface area (Å²) in [6.07, 6.45) is 0.997. The first-order valence-electron chi connectivity index (χ1n) is 1.82. The summed E-state index contributed by atoms with van der Waals surface area (Å²) in [5.41, 5.74) is 2.22. The predicted octanol–water partition coefficient (Wildman–Crippen LogP) is -0.464. The standard InChI is InChI=1S/C2H7ClN2O2S/c1-4-5(3)8(2,6)7/h4H,1-2H3. The van der Waals surface area contributed by atoms with E-state index in [0.717, 1.165) is 6.26 Å². The molecular weight excluding hydrogens is 152 g/mol. The molecule has 0 atom stereocenters. The fourth-order valence-corrected chi connectivity index (χ4v) is 0.497. The fourth-order valence-electron chi connectivity index (χ4n) is 0.166. The second-order valence-corrected chi connectivity index (χ2v) is 3.57. The first-order valence-corrected chi connectivity index (χ1v) is 4.00. The minimum absolute atomic E-state index is 0.507. The zero-order chi connectivity index (χ0) is 6.78. The normalized spacial score (nSPS) is 12.5. The van der Waals surface area contributed by atoms with Crippen molar-refractivity contribution in [2.45, 2.75) is 0 Å². The summed E-state index contributed by atoms with van der Waals surface area (Å²) in [5, 5.41) is 0. The molecule has 0 saturated carbocycles. The Balaban J connectivity index is 4.04. The first-order chi connectivity index (χ1) is 3.48. The molecule has 0 rings (SSSR count). The van der Waals surface area contributed by atoms with Gasteiger partial charge in [-0.05, 0) is 3.93 Å². The number of nitrogens with zero attached hydrogens (tertiary/aromatic N) is 1. The molecule has 50 valence electrons. The molecule has 0 saturated heterocycles. The summed E-state index contributed by atoms with van der Waals surface area (Å²) in [6, 6.07) is 0. The summed E-state index contributed by atoms with van der Waals surface area (Å²) < 4.78 is 21.1. The second kappa shape index (κ2) is 2.63. The molecule has 4 nitrogen and oxygen atoms in total. The van der Waals surface area contributed by atoms with Gasteiger partial charge in [-0.1, -0.05) is 0 Å². The van der Waals surface area contributed by atoms with Gasteiger partial charge in [0.2, 0.25) is 10.0 Å². The summed E-state index contributed by atoms with van der Waals surface area (Å²) in [7, 11) is -1.85. The second-order valence-electron chi connectivity index (χ2n) is 1.20. The van der Waals surface area contributed by atoms with Crippen LogP contribution in [0, 0.1) is 0 Å². The van der Waals surface area contributed by atoms with E-state index in [1.165, 1.54) is 7.05 Å². The van der Waals surface area contributed by atoms with Gasteiger partial charge in [0.05, 0.1) is 6.26 Å². The number of sulfonamides is 1. The van der Waals surface area contributed by atoms with Gasteiger partial charge in [-0.2, -0.15) is 0 Å². The third-order valence-electron chi connectivity index (χ3n) is 0.467. The lowest BCUT2D eigenvalue weighted by atomic mass is 11.5. The van der Waals surface area contributed by atoms with Crippen LogP contribution in [-0.2, 0) is 10.0 Å². The lowest BCUT2D eigenvalue weighted by molar-refractivity contribution is 0.497. The molecule has 0 aliphatic heterocycles. The van der Waals surface area contributed by atoms with Crippen LogP contribution in [-0.4, -0.2) is 25.7 Å². The summed E-state index contributed by atoms with van der Waals surface area (Å²) in [5.74, 6) is 0. The molecule has 0 aliphatic rings. The van der Waals surface area contributed by atoms with E-state index in [-0.39, 0.29) is 0 Å².